The molecule has 92 valence electrons. The fourth-order valence-electron chi connectivity index (χ4n) is 2.11. The highest BCUT2D eigenvalue weighted by molar-refractivity contribution is 5.38. The molecule has 0 aliphatic heterocycles. The monoisotopic (exact) mass is 234 g/mol. The summed E-state index contributed by atoms with van der Waals surface area (Å²) in [5, 5.41) is 11.5. The van der Waals surface area contributed by atoms with E-state index in [0.29, 0.717) is 5.82 Å². The molecule has 0 unspecified atom stereocenters. The number of methoxy groups -OCH3 is 1. The molecular formula is C13H18N2O2. The van der Waals surface area contributed by atoms with Crippen LogP contribution >= 0.6 is 0 Å². The molecule has 1 aliphatic rings. The van der Waals surface area contributed by atoms with Gasteiger partial charge in [0, 0.05) is 12.8 Å². The molecule has 4 nitrogen and oxygen atoms in total. The number of nitrogens with zero attached hydrogens (tertiary/aromatic N) is 2. The van der Waals surface area contributed by atoms with Gasteiger partial charge in [-0.1, -0.05) is 18.2 Å². The van der Waals surface area contributed by atoms with Gasteiger partial charge in [0.2, 0.25) is 0 Å². The maximum absolute atomic E-state index is 10.2. The fourth-order valence-corrected chi connectivity index (χ4v) is 2.11. The molecule has 0 aromatic carbocycles. The van der Waals surface area contributed by atoms with Crippen molar-refractivity contribution in [3.8, 4) is 0 Å². The quantitative estimate of drug-likeness (QED) is 0.644. The Labute approximate surface area is 101 Å². The zero-order chi connectivity index (χ0) is 12.3. The van der Waals surface area contributed by atoms with Crippen molar-refractivity contribution in [2.45, 2.75) is 31.9 Å². The topological polar surface area (TPSA) is 45.6 Å². The van der Waals surface area contributed by atoms with Crippen LogP contribution in [0.15, 0.2) is 30.4 Å². The Morgan fingerprint density at radius 2 is 2.29 bits per heavy atom. The zero-order valence-corrected chi connectivity index (χ0v) is 10.2. The van der Waals surface area contributed by atoms with Crippen LogP contribution in [0.2, 0.25) is 0 Å². The number of allylic oxidation sites excluding steroid dienone is 1. The molecule has 1 aliphatic carbocycles. The molecule has 0 bridgehead atoms. The summed E-state index contributed by atoms with van der Waals surface area (Å²) in [5.41, 5.74) is 0.891. The summed E-state index contributed by atoms with van der Waals surface area (Å²) in [4.78, 5) is 4.31. The number of hydroxylamine groups is 1. The number of ether oxygens (including phenoxy) is 1. The fraction of sp³-hybridized carbons (Fsp3) is 0.462. The molecule has 0 saturated heterocycles. The van der Waals surface area contributed by atoms with Crippen LogP contribution in [-0.2, 0) is 4.74 Å². The number of hydrogen-bond donors (Lipinski definition) is 1. The average Bonchev–Trinajstić information content (AvgIpc) is 2.38. The maximum Gasteiger partial charge on any atom is 0.152 e. The smallest absolute Gasteiger partial charge is 0.152 e. The molecule has 1 aromatic heterocycles. The first-order chi connectivity index (χ1) is 8.22. The standard InChI is InChI=1S/C13H18N2O2/c1-10-6-5-9-13(14-10)15(16)11-7-3-4-8-12(11)17-2/h4-6,8-9,11-12,16H,3,7H2,1-2H3/t11-,12-/m1/s1. The maximum atomic E-state index is 10.2. The van der Waals surface area contributed by atoms with E-state index in [1.165, 1.54) is 5.06 Å². The minimum absolute atomic E-state index is 0.0701. The molecule has 0 amide bonds. The van der Waals surface area contributed by atoms with Gasteiger partial charge in [0.05, 0.1) is 12.1 Å². The van der Waals surface area contributed by atoms with Crippen LogP contribution in [0.1, 0.15) is 18.5 Å². The van der Waals surface area contributed by atoms with Gasteiger partial charge in [-0.25, -0.2) is 10.0 Å². The minimum Gasteiger partial charge on any atom is -0.375 e. The number of pyridine rings is 1. The molecule has 17 heavy (non-hydrogen) atoms. The van der Waals surface area contributed by atoms with Gasteiger partial charge >= 0.3 is 0 Å². The van der Waals surface area contributed by atoms with E-state index >= 15 is 0 Å². The Balaban J connectivity index is 2.19. The minimum atomic E-state index is -0.0870. The largest absolute Gasteiger partial charge is 0.375 e. The van der Waals surface area contributed by atoms with E-state index in [1.807, 2.05) is 25.1 Å². The third-order valence-corrected chi connectivity index (χ3v) is 3.03. The Hall–Kier alpha value is -1.39. The highest BCUT2D eigenvalue weighted by Crippen LogP contribution is 2.23. The van der Waals surface area contributed by atoms with Crippen molar-refractivity contribution in [1.82, 2.24) is 4.98 Å². The Bertz CT molecular complexity index is 406. The van der Waals surface area contributed by atoms with E-state index in [4.69, 9.17) is 4.74 Å². The average molecular weight is 234 g/mol. The number of hydrogen-bond acceptors (Lipinski definition) is 4. The second kappa shape index (κ2) is 5.29. The lowest BCUT2D eigenvalue weighted by Crippen LogP contribution is -2.43. The molecule has 1 heterocycles. The van der Waals surface area contributed by atoms with E-state index in [1.54, 1.807) is 13.2 Å². The van der Waals surface area contributed by atoms with Crippen LogP contribution in [0, 0.1) is 6.92 Å². The Kier molecular flexibility index (Phi) is 3.76. The van der Waals surface area contributed by atoms with Crippen molar-refractivity contribution in [2.24, 2.45) is 0 Å². The van der Waals surface area contributed by atoms with Gasteiger partial charge in [0.25, 0.3) is 0 Å². The highest BCUT2D eigenvalue weighted by Gasteiger charge is 2.27. The molecular weight excluding hydrogens is 216 g/mol. The molecule has 4 heteroatoms. The van der Waals surface area contributed by atoms with Crippen LogP contribution in [0.3, 0.4) is 0 Å². The first kappa shape index (κ1) is 12.1. The number of rotatable bonds is 3. The third-order valence-electron chi connectivity index (χ3n) is 3.03. The first-order valence-electron chi connectivity index (χ1n) is 5.83. The predicted octanol–water partition coefficient (Wildman–Crippen LogP) is 2.32. The summed E-state index contributed by atoms with van der Waals surface area (Å²) in [5.74, 6) is 0.576. The van der Waals surface area contributed by atoms with Crippen LogP contribution in [0.5, 0.6) is 0 Å². The molecule has 0 fully saturated rings. The summed E-state index contributed by atoms with van der Waals surface area (Å²) >= 11 is 0. The van der Waals surface area contributed by atoms with Gasteiger partial charge in [-0.05, 0) is 31.9 Å². The zero-order valence-electron chi connectivity index (χ0n) is 10.2. The van der Waals surface area contributed by atoms with E-state index < -0.39 is 0 Å². The summed E-state index contributed by atoms with van der Waals surface area (Å²) in [6.45, 7) is 1.91. The molecule has 1 N–H and O–H groups in total. The van der Waals surface area contributed by atoms with Crippen LogP contribution in [-0.4, -0.2) is 29.4 Å². The Morgan fingerprint density at radius 1 is 1.47 bits per heavy atom. The van der Waals surface area contributed by atoms with Crippen molar-refractivity contribution in [1.29, 1.82) is 0 Å². The van der Waals surface area contributed by atoms with E-state index in [9.17, 15) is 5.21 Å². The number of anilines is 1. The van der Waals surface area contributed by atoms with Gasteiger partial charge in [-0.15, -0.1) is 0 Å². The molecule has 0 radical (unpaired) electrons. The predicted molar refractivity (Wildman–Crippen MR) is 66.2 cm³/mol. The van der Waals surface area contributed by atoms with E-state index in [2.05, 4.69) is 11.1 Å². The lowest BCUT2D eigenvalue weighted by molar-refractivity contribution is 0.0686. The van der Waals surface area contributed by atoms with Crippen molar-refractivity contribution in [2.75, 3.05) is 12.2 Å². The summed E-state index contributed by atoms with van der Waals surface area (Å²) < 4.78 is 5.36. The van der Waals surface area contributed by atoms with Gasteiger partial charge < -0.3 is 4.74 Å². The lowest BCUT2D eigenvalue weighted by Gasteiger charge is -2.33. The van der Waals surface area contributed by atoms with Crippen LogP contribution in [0.4, 0.5) is 5.82 Å². The van der Waals surface area contributed by atoms with Crippen LogP contribution < -0.4 is 5.06 Å². The second-order valence-corrected chi connectivity index (χ2v) is 4.25. The van der Waals surface area contributed by atoms with Crippen molar-refractivity contribution < 1.29 is 9.94 Å². The first-order valence-corrected chi connectivity index (χ1v) is 5.83. The number of aromatic nitrogens is 1. The van der Waals surface area contributed by atoms with E-state index in [-0.39, 0.29) is 12.1 Å². The summed E-state index contributed by atoms with van der Waals surface area (Å²) in [6, 6.07) is 5.53. The van der Waals surface area contributed by atoms with Crippen LogP contribution in [0.25, 0.3) is 0 Å². The van der Waals surface area contributed by atoms with Gasteiger partial charge in [0.15, 0.2) is 5.82 Å². The van der Waals surface area contributed by atoms with E-state index in [0.717, 1.165) is 18.5 Å². The van der Waals surface area contributed by atoms with Gasteiger partial charge in [0.1, 0.15) is 0 Å². The summed E-state index contributed by atoms with van der Waals surface area (Å²) in [7, 11) is 1.66. The molecule has 0 saturated carbocycles. The third kappa shape index (κ3) is 2.65. The molecule has 2 rings (SSSR count). The van der Waals surface area contributed by atoms with Gasteiger partial charge in [-0.2, -0.15) is 0 Å². The number of aryl methyl sites for hydroxylation is 1. The highest BCUT2D eigenvalue weighted by atomic mass is 16.5. The van der Waals surface area contributed by atoms with Crippen molar-refractivity contribution in [3.63, 3.8) is 0 Å². The molecule has 1 aromatic rings. The lowest BCUT2D eigenvalue weighted by atomic mass is 9.98. The normalized spacial score (nSPS) is 23.7. The Morgan fingerprint density at radius 3 is 3.00 bits per heavy atom. The molecule has 2 atom stereocenters. The summed E-state index contributed by atoms with van der Waals surface area (Å²) in [6.07, 6.45) is 5.81. The molecule has 0 spiro atoms. The SMILES string of the molecule is CO[C@@H]1C=CCC[C@H]1N(O)c1cccc(C)n1. The van der Waals surface area contributed by atoms with Crippen molar-refractivity contribution in [3.05, 3.63) is 36.0 Å². The van der Waals surface area contributed by atoms with Gasteiger partial charge in [-0.3, -0.25) is 5.21 Å². The van der Waals surface area contributed by atoms with Crippen molar-refractivity contribution >= 4 is 5.82 Å². The second-order valence-electron chi connectivity index (χ2n) is 4.25.